The summed E-state index contributed by atoms with van der Waals surface area (Å²) in [5.41, 5.74) is 5.07. The second-order valence-electron chi connectivity index (χ2n) is 5.78. The predicted octanol–water partition coefficient (Wildman–Crippen LogP) is 0.137. The van der Waals surface area contributed by atoms with Crippen LogP contribution in [0.1, 0.15) is 17.3 Å². The number of carbonyl (C=O) groups is 1. The van der Waals surface area contributed by atoms with Crippen molar-refractivity contribution in [1.29, 1.82) is 0 Å². The maximum Gasteiger partial charge on any atom is 0.288 e. The number of amides is 1. The summed E-state index contributed by atoms with van der Waals surface area (Å²) in [5.74, 6) is -0.458. The molecule has 1 atom stereocenters. The molecule has 1 fully saturated rings. The summed E-state index contributed by atoms with van der Waals surface area (Å²) in [7, 11) is 2.10. The van der Waals surface area contributed by atoms with Crippen molar-refractivity contribution in [3.63, 3.8) is 0 Å². The summed E-state index contributed by atoms with van der Waals surface area (Å²) in [5, 5.41) is 13.8. The minimum absolute atomic E-state index is 0.0322. The van der Waals surface area contributed by atoms with Crippen LogP contribution in [0.5, 0.6) is 0 Å². The number of aromatic nitrogens is 1. The molecule has 1 aliphatic rings. The van der Waals surface area contributed by atoms with E-state index in [0.717, 1.165) is 38.4 Å². The molecule has 9 heteroatoms. The van der Waals surface area contributed by atoms with Crippen molar-refractivity contribution in [3.8, 4) is 0 Å². The zero-order valence-electron chi connectivity index (χ0n) is 13.4. The number of piperazine rings is 1. The lowest BCUT2D eigenvalue weighted by atomic mass is 10.2. The van der Waals surface area contributed by atoms with E-state index in [-0.39, 0.29) is 23.1 Å². The highest BCUT2D eigenvalue weighted by atomic mass is 16.6. The van der Waals surface area contributed by atoms with Gasteiger partial charge in [-0.3, -0.25) is 19.8 Å². The normalized spacial score (nSPS) is 17.7. The molecular formula is C14H22N6O3. The fourth-order valence-electron chi connectivity index (χ4n) is 2.52. The molecular weight excluding hydrogens is 300 g/mol. The lowest BCUT2D eigenvalue weighted by molar-refractivity contribution is -0.385. The Labute approximate surface area is 134 Å². The van der Waals surface area contributed by atoms with E-state index in [9.17, 15) is 14.9 Å². The molecule has 126 valence electrons. The number of anilines is 1. The topological polar surface area (TPSA) is 118 Å². The van der Waals surface area contributed by atoms with Gasteiger partial charge in [-0.1, -0.05) is 0 Å². The lowest BCUT2D eigenvalue weighted by Crippen LogP contribution is -2.50. The Kier molecular flexibility index (Phi) is 5.45. The van der Waals surface area contributed by atoms with Crippen molar-refractivity contribution in [1.82, 2.24) is 14.8 Å². The largest absolute Gasteiger partial charge is 0.368 e. The van der Waals surface area contributed by atoms with Gasteiger partial charge in [0, 0.05) is 44.8 Å². The molecule has 1 aromatic rings. The van der Waals surface area contributed by atoms with Gasteiger partial charge in [-0.2, -0.15) is 0 Å². The number of carbonyl (C=O) groups excluding carboxylic acids is 1. The van der Waals surface area contributed by atoms with Crippen LogP contribution in [0, 0.1) is 10.1 Å². The van der Waals surface area contributed by atoms with Crippen LogP contribution in [0.15, 0.2) is 12.3 Å². The lowest BCUT2D eigenvalue weighted by Gasteiger charge is -2.36. The first-order chi connectivity index (χ1) is 10.9. The molecule has 2 heterocycles. The van der Waals surface area contributed by atoms with Crippen LogP contribution in [0.4, 0.5) is 11.5 Å². The van der Waals surface area contributed by atoms with Gasteiger partial charge in [-0.25, -0.2) is 4.98 Å². The fraction of sp³-hybridized carbons (Fsp3) is 0.571. The molecule has 1 unspecified atom stereocenters. The van der Waals surface area contributed by atoms with Gasteiger partial charge < -0.3 is 16.0 Å². The molecule has 0 spiro atoms. The number of pyridine rings is 1. The Hall–Kier alpha value is -2.26. The maximum atomic E-state index is 11.5. The van der Waals surface area contributed by atoms with Crippen LogP contribution in [-0.2, 0) is 0 Å². The van der Waals surface area contributed by atoms with Gasteiger partial charge in [-0.15, -0.1) is 0 Å². The van der Waals surface area contributed by atoms with E-state index >= 15 is 0 Å². The molecule has 0 radical (unpaired) electrons. The van der Waals surface area contributed by atoms with E-state index in [2.05, 4.69) is 34.1 Å². The smallest absolute Gasteiger partial charge is 0.288 e. The summed E-state index contributed by atoms with van der Waals surface area (Å²) in [6.45, 7) is 6.67. The van der Waals surface area contributed by atoms with Gasteiger partial charge in [0.15, 0.2) is 0 Å². The van der Waals surface area contributed by atoms with Crippen molar-refractivity contribution in [3.05, 3.63) is 27.9 Å². The molecule has 1 aromatic heterocycles. The number of nitro groups is 1. The van der Waals surface area contributed by atoms with Gasteiger partial charge in [-0.05, 0) is 14.0 Å². The highest BCUT2D eigenvalue weighted by Crippen LogP contribution is 2.19. The molecule has 2 rings (SSSR count). The number of primary amides is 1. The van der Waals surface area contributed by atoms with Crippen LogP contribution < -0.4 is 11.1 Å². The zero-order chi connectivity index (χ0) is 17.0. The molecule has 0 aliphatic carbocycles. The third-order valence-electron chi connectivity index (χ3n) is 4.08. The van der Waals surface area contributed by atoms with E-state index in [0.29, 0.717) is 6.54 Å². The van der Waals surface area contributed by atoms with Crippen LogP contribution in [0.2, 0.25) is 0 Å². The second-order valence-corrected chi connectivity index (χ2v) is 5.78. The predicted molar refractivity (Wildman–Crippen MR) is 86.4 cm³/mol. The highest BCUT2D eigenvalue weighted by Gasteiger charge is 2.20. The van der Waals surface area contributed by atoms with Crippen LogP contribution >= 0.6 is 0 Å². The number of nitrogens with zero attached hydrogens (tertiary/aromatic N) is 4. The van der Waals surface area contributed by atoms with Crippen molar-refractivity contribution >= 4 is 17.4 Å². The van der Waals surface area contributed by atoms with E-state index in [1.165, 1.54) is 0 Å². The second kappa shape index (κ2) is 7.34. The van der Waals surface area contributed by atoms with Gasteiger partial charge >= 0.3 is 0 Å². The minimum Gasteiger partial charge on any atom is -0.368 e. The average molecular weight is 322 g/mol. The van der Waals surface area contributed by atoms with E-state index in [1.807, 2.05) is 0 Å². The van der Waals surface area contributed by atoms with Crippen LogP contribution in [0.25, 0.3) is 0 Å². The van der Waals surface area contributed by atoms with Gasteiger partial charge in [0.2, 0.25) is 0 Å². The van der Waals surface area contributed by atoms with Crippen molar-refractivity contribution in [2.45, 2.75) is 13.0 Å². The third-order valence-corrected chi connectivity index (χ3v) is 4.08. The Morgan fingerprint density at radius 3 is 2.70 bits per heavy atom. The molecule has 1 saturated heterocycles. The molecule has 0 aromatic carbocycles. The van der Waals surface area contributed by atoms with Gasteiger partial charge in [0.25, 0.3) is 11.6 Å². The van der Waals surface area contributed by atoms with Crippen molar-refractivity contribution in [2.24, 2.45) is 5.73 Å². The number of rotatable bonds is 6. The van der Waals surface area contributed by atoms with Crippen molar-refractivity contribution in [2.75, 3.05) is 45.1 Å². The van der Waals surface area contributed by atoms with E-state index in [1.54, 1.807) is 0 Å². The highest BCUT2D eigenvalue weighted by molar-refractivity contribution is 5.98. The molecule has 0 bridgehead atoms. The molecule has 23 heavy (non-hydrogen) atoms. The summed E-state index contributed by atoms with van der Waals surface area (Å²) in [6, 6.07) is 1.40. The first kappa shape index (κ1) is 17.1. The van der Waals surface area contributed by atoms with E-state index in [4.69, 9.17) is 5.73 Å². The number of nitrogens with two attached hydrogens (primary N) is 1. The molecule has 3 N–H and O–H groups in total. The SMILES string of the molecule is CC(CNc1ncc([N+](=O)[O-])cc1C(N)=O)N1CCN(C)CC1. The number of likely N-dealkylation sites (N-methyl/N-ethyl adjacent to an activating group) is 1. The fourth-order valence-corrected chi connectivity index (χ4v) is 2.52. The zero-order valence-corrected chi connectivity index (χ0v) is 13.4. The molecule has 1 aliphatic heterocycles. The van der Waals surface area contributed by atoms with Gasteiger partial charge in [0.1, 0.15) is 12.0 Å². The first-order valence-electron chi connectivity index (χ1n) is 7.49. The van der Waals surface area contributed by atoms with Crippen molar-refractivity contribution < 1.29 is 9.72 Å². The Balaban J connectivity index is 2.02. The Morgan fingerprint density at radius 2 is 2.13 bits per heavy atom. The maximum absolute atomic E-state index is 11.5. The Morgan fingerprint density at radius 1 is 1.48 bits per heavy atom. The summed E-state index contributed by atoms with van der Waals surface area (Å²) >= 11 is 0. The minimum atomic E-state index is -0.740. The average Bonchev–Trinajstić information content (AvgIpc) is 2.52. The number of hydrogen-bond acceptors (Lipinski definition) is 7. The number of nitrogens with one attached hydrogen (secondary N) is 1. The quantitative estimate of drug-likeness (QED) is 0.565. The van der Waals surface area contributed by atoms with Gasteiger partial charge in [0.05, 0.1) is 10.5 Å². The van der Waals surface area contributed by atoms with E-state index < -0.39 is 10.8 Å². The molecule has 1 amide bonds. The first-order valence-corrected chi connectivity index (χ1v) is 7.49. The number of hydrogen-bond donors (Lipinski definition) is 2. The standard InChI is InChI=1S/C14H22N6O3/c1-10(19-5-3-18(2)4-6-19)8-16-14-12(13(15)21)7-11(9-17-14)20(22)23/h7,9-10H,3-6,8H2,1-2H3,(H2,15,21)(H,16,17). The summed E-state index contributed by atoms with van der Waals surface area (Å²) < 4.78 is 0. The monoisotopic (exact) mass is 322 g/mol. The van der Waals surface area contributed by atoms with Crippen LogP contribution in [-0.4, -0.2) is 71.4 Å². The molecule has 0 saturated carbocycles. The summed E-state index contributed by atoms with van der Waals surface area (Å²) in [4.78, 5) is 30.2. The third kappa shape index (κ3) is 4.36. The Bertz CT molecular complexity index is 586. The molecule has 9 nitrogen and oxygen atoms in total. The summed E-state index contributed by atoms with van der Waals surface area (Å²) in [6.07, 6.45) is 1.12. The van der Waals surface area contributed by atoms with Crippen LogP contribution in [0.3, 0.4) is 0 Å².